The van der Waals surface area contributed by atoms with Gasteiger partial charge in [-0.1, -0.05) is 23.4 Å². The first-order chi connectivity index (χ1) is 9.13. The molecule has 1 aliphatic carbocycles. The van der Waals surface area contributed by atoms with Crippen LogP contribution in [-0.2, 0) is 0 Å². The fourth-order valence-electron chi connectivity index (χ4n) is 2.04. The minimum Gasteiger partial charge on any atom is -0.339 e. The highest BCUT2D eigenvalue weighted by Crippen LogP contribution is 2.25. The van der Waals surface area contributed by atoms with Crippen molar-refractivity contribution in [2.24, 2.45) is 5.73 Å². The van der Waals surface area contributed by atoms with E-state index in [1.807, 2.05) is 7.05 Å². The number of benzene rings is 1. The van der Waals surface area contributed by atoms with Crippen molar-refractivity contribution in [3.63, 3.8) is 0 Å². The predicted octanol–water partition coefficient (Wildman–Crippen LogP) is 2.27. The third kappa shape index (κ3) is 3.09. The molecule has 0 unspecified atom stereocenters. The second kappa shape index (κ2) is 6.10. The topological polar surface area (TPSA) is 46.3 Å². The summed E-state index contributed by atoms with van der Waals surface area (Å²) in [5.41, 5.74) is 6.63. The fourth-order valence-corrected chi connectivity index (χ4v) is 2.27. The lowest BCUT2D eigenvalue weighted by molar-refractivity contribution is 0.0652. The van der Waals surface area contributed by atoms with Gasteiger partial charge in [0.15, 0.2) is 0 Å². The van der Waals surface area contributed by atoms with E-state index >= 15 is 0 Å². The minimum absolute atomic E-state index is 0.0185. The SMILES string of the molecule is CN(C(=O)c1ccc(C#CCN)c(Cl)c1)C1CCC1. The van der Waals surface area contributed by atoms with Gasteiger partial charge in [-0.25, -0.2) is 0 Å². The molecule has 3 nitrogen and oxygen atoms in total. The first-order valence-electron chi connectivity index (χ1n) is 6.39. The van der Waals surface area contributed by atoms with Crippen molar-refractivity contribution in [1.29, 1.82) is 0 Å². The van der Waals surface area contributed by atoms with E-state index in [-0.39, 0.29) is 5.91 Å². The summed E-state index contributed by atoms with van der Waals surface area (Å²) in [6.45, 7) is 0.293. The fraction of sp³-hybridized carbons (Fsp3) is 0.400. The Morgan fingerprint density at radius 3 is 2.79 bits per heavy atom. The van der Waals surface area contributed by atoms with E-state index in [1.54, 1.807) is 23.1 Å². The quantitative estimate of drug-likeness (QED) is 0.843. The summed E-state index contributed by atoms with van der Waals surface area (Å²) in [5.74, 6) is 5.65. The van der Waals surface area contributed by atoms with Gasteiger partial charge in [0.2, 0.25) is 0 Å². The van der Waals surface area contributed by atoms with Crippen LogP contribution in [0.15, 0.2) is 18.2 Å². The van der Waals surface area contributed by atoms with E-state index < -0.39 is 0 Å². The van der Waals surface area contributed by atoms with Crippen LogP contribution in [0.25, 0.3) is 0 Å². The normalized spacial score (nSPS) is 14.3. The lowest BCUT2D eigenvalue weighted by atomic mass is 9.91. The molecule has 2 rings (SSSR count). The van der Waals surface area contributed by atoms with Crippen molar-refractivity contribution in [2.45, 2.75) is 25.3 Å². The van der Waals surface area contributed by atoms with Crippen LogP contribution >= 0.6 is 11.6 Å². The number of carbonyl (C=O) groups excluding carboxylic acids is 1. The average Bonchev–Trinajstić information content (AvgIpc) is 2.34. The van der Waals surface area contributed by atoms with Gasteiger partial charge in [0.25, 0.3) is 5.91 Å². The summed E-state index contributed by atoms with van der Waals surface area (Å²) in [4.78, 5) is 14.1. The van der Waals surface area contributed by atoms with Crippen molar-refractivity contribution in [3.8, 4) is 11.8 Å². The molecule has 100 valence electrons. The molecule has 0 heterocycles. The molecule has 0 bridgehead atoms. The number of hydrogen-bond acceptors (Lipinski definition) is 2. The van der Waals surface area contributed by atoms with Crippen molar-refractivity contribution < 1.29 is 4.79 Å². The van der Waals surface area contributed by atoms with Crippen LogP contribution in [0.2, 0.25) is 5.02 Å². The number of carbonyl (C=O) groups is 1. The van der Waals surface area contributed by atoms with Gasteiger partial charge in [-0.15, -0.1) is 0 Å². The van der Waals surface area contributed by atoms with Crippen LogP contribution in [0.4, 0.5) is 0 Å². The van der Waals surface area contributed by atoms with Crippen molar-refractivity contribution in [3.05, 3.63) is 34.3 Å². The summed E-state index contributed by atoms with van der Waals surface area (Å²) >= 11 is 6.13. The monoisotopic (exact) mass is 276 g/mol. The van der Waals surface area contributed by atoms with Gasteiger partial charge < -0.3 is 10.6 Å². The number of amides is 1. The average molecular weight is 277 g/mol. The molecule has 0 aliphatic heterocycles. The van der Waals surface area contributed by atoms with E-state index in [9.17, 15) is 4.79 Å². The number of halogens is 1. The van der Waals surface area contributed by atoms with Gasteiger partial charge in [0.1, 0.15) is 0 Å². The Bertz CT molecular complexity index is 541. The zero-order valence-corrected chi connectivity index (χ0v) is 11.7. The molecule has 19 heavy (non-hydrogen) atoms. The predicted molar refractivity (Wildman–Crippen MR) is 77.1 cm³/mol. The van der Waals surface area contributed by atoms with Gasteiger partial charge in [-0.3, -0.25) is 4.79 Å². The molecule has 0 aromatic heterocycles. The van der Waals surface area contributed by atoms with Crippen LogP contribution in [-0.4, -0.2) is 30.4 Å². The van der Waals surface area contributed by atoms with E-state index in [2.05, 4.69) is 11.8 Å². The maximum Gasteiger partial charge on any atom is 0.253 e. The standard InChI is InChI=1S/C15H17ClN2O/c1-18(13-5-2-6-13)15(19)12-8-7-11(4-3-9-17)14(16)10-12/h7-8,10,13H,2,5-6,9,17H2,1H3. The van der Waals surface area contributed by atoms with E-state index in [0.717, 1.165) is 12.8 Å². The second-order valence-corrected chi connectivity index (χ2v) is 5.11. The summed E-state index contributed by atoms with van der Waals surface area (Å²) < 4.78 is 0. The molecule has 4 heteroatoms. The Morgan fingerprint density at radius 2 is 2.26 bits per heavy atom. The second-order valence-electron chi connectivity index (χ2n) is 4.70. The van der Waals surface area contributed by atoms with Crippen molar-refractivity contribution in [2.75, 3.05) is 13.6 Å². The van der Waals surface area contributed by atoms with Crippen LogP contribution in [0.3, 0.4) is 0 Å². The molecule has 1 aliphatic rings. The number of hydrogen-bond donors (Lipinski definition) is 1. The molecule has 1 aromatic rings. The maximum atomic E-state index is 12.3. The van der Waals surface area contributed by atoms with Gasteiger partial charge >= 0.3 is 0 Å². The Kier molecular flexibility index (Phi) is 4.47. The Labute approximate surface area is 118 Å². The highest BCUT2D eigenvalue weighted by Gasteiger charge is 2.26. The zero-order chi connectivity index (χ0) is 13.8. The summed E-state index contributed by atoms with van der Waals surface area (Å²) in [6.07, 6.45) is 3.39. The molecule has 1 amide bonds. The summed E-state index contributed by atoms with van der Waals surface area (Å²) in [5, 5.41) is 0.494. The lowest BCUT2D eigenvalue weighted by Crippen LogP contribution is -2.41. The van der Waals surface area contributed by atoms with Gasteiger partial charge in [-0.05, 0) is 37.5 Å². The largest absolute Gasteiger partial charge is 0.339 e. The number of rotatable bonds is 2. The maximum absolute atomic E-state index is 12.3. The molecule has 0 atom stereocenters. The van der Waals surface area contributed by atoms with Crippen molar-refractivity contribution in [1.82, 2.24) is 4.90 Å². The van der Waals surface area contributed by atoms with Crippen LogP contribution in [0, 0.1) is 11.8 Å². The highest BCUT2D eigenvalue weighted by molar-refractivity contribution is 6.32. The number of nitrogens with two attached hydrogens (primary N) is 1. The van der Waals surface area contributed by atoms with Gasteiger partial charge in [0.05, 0.1) is 11.6 Å². The number of nitrogens with zero attached hydrogens (tertiary/aromatic N) is 1. The summed E-state index contributed by atoms with van der Waals surface area (Å²) in [7, 11) is 1.85. The Morgan fingerprint density at radius 1 is 1.53 bits per heavy atom. The molecule has 2 N–H and O–H groups in total. The van der Waals surface area contributed by atoms with E-state index in [0.29, 0.717) is 28.7 Å². The third-order valence-corrected chi connectivity index (χ3v) is 3.80. The molecule has 1 fully saturated rings. The van der Waals surface area contributed by atoms with Crippen LogP contribution in [0.1, 0.15) is 35.2 Å². The third-order valence-electron chi connectivity index (χ3n) is 3.48. The van der Waals surface area contributed by atoms with Gasteiger partial charge in [0, 0.05) is 24.2 Å². The van der Waals surface area contributed by atoms with Gasteiger partial charge in [-0.2, -0.15) is 0 Å². The highest BCUT2D eigenvalue weighted by atomic mass is 35.5. The molecule has 1 saturated carbocycles. The lowest BCUT2D eigenvalue weighted by Gasteiger charge is -2.34. The first kappa shape index (κ1) is 13.9. The molecule has 0 spiro atoms. The Hall–Kier alpha value is -1.50. The molecular formula is C15H17ClN2O. The zero-order valence-electron chi connectivity index (χ0n) is 10.9. The molecule has 0 saturated heterocycles. The van der Waals surface area contributed by atoms with Crippen LogP contribution in [0.5, 0.6) is 0 Å². The molecular weight excluding hydrogens is 260 g/mol. The first-order valence-corrected chi connectivity index (χ1v) is 6.77. The van der Waals surface area contributed by atoms with Crippen LogP contribution < -0.4 is 5.73 Å². The summed E-state index contributed by atoms with van der Waals surface area (Å²) in [6, 6.07) is 5.60. The van der Waals surface area contributed by atoms with Crippen molar-refractivity contribution >= 4 is 17.5 Å². The molecule has 1 aromatic carbocycles. The van der Waals surface area contributed by atoms with E-state index in [1.165, 1.54) is 6.42 Å². The minimum atomic E-state index is 0.0185. The smallest absolute Gasteiger partial charge is 0.253 e. The van der Waals surface area contributed by atoms with E-state index in [4.69, 9.17) is 17.3 Å². The Balaban J connectivity index is 2.16. The molecule has 0 radical (unpaired) electrons.